The standard InChI is InChI=1S/C4H6O.6C4H9.2Sn/c1-3-4(2)5;6*1-3-4-2;;/h3-5H,2H3;6*1,3-4H2,2H3;;. The van der Waals surface area contributed by atoms with Gasteiger partial charge in [0.25, 0.3) is 0 Å². The van der Waals surface area contributed by atoms with Gasteiger partial charge in [-0.3, -0.25) is 0 Å². The van der Waals surface area contributed by atoms with Crippen LogP contribution in [-0.2, 0) is 0 Å². The van der Waals surface area contributed by atoms with Gasteiger partial charge in [0, 0.05) is 0 Å². The SMILES string of the molecule is CCC[CH2][Sn]([CH2]CCC)([CH2]CCC)[C](=CC(C)O)[Sn]([CH2]CCC)([CH2]CCC)[CH2]CCC. The van der Waals surface area contributed by atoms with E-state index in [1.54, 1.807) is 26.6 Å². The van der Waals surface area contributed by atoms with Crippen LogP contribution in [0.4, 0.5) is 0 Å². The van der Waals surface area contributed by atoms with E-state index in [1.165, 1.54) is 77.0 Å². The minimum atomic E-state index is -2.53. The van der Waals surface area contributed by atoms with E-state index in [0.29, 0.717) is 0 Å². The van der Waals surface area contributed by atoms with Gasteiger partial charge in [-0.05, 0) is 0 Å². The Bertz CT molecular complexity index is 367. The number of hydrogen-bond acceptors (Lipinski definition) is 1. The molecule has 0 fully saturated rings. The van der Waals surface area contributed by atoms with Crippen LogP contribution in [0.3, 0.4) is 0 Å². The molecule has 1 N–H and O–H groups in total. The van der Waals surface area contributed by atoms with Crippen molar-refractivity contribution in [2.24, 2.45) is 0 Å². The second-order valence-corrected chi connectivity index (χ2v) is 40.8. The Morgan fingerprint density at radius 2 is 0.774 bits per heavy atom. The van der Waals surface area contributed by atoms with E-state index in [2.05, 4.69) is 56.1 Å². The summed E-state index contributed by atoms with van der Waals surface area (Å²) in [5.41, 5.74) is 0. The van der Waals surface area contributed by atoms with Crippen LogP contribution in [0.15, 0.2) is 7.68 Å². The molecule has 0 saturated carbocycles. The summed E-state index contributed by atoms with van der Waals surface area (Å²) in [4.78, 5) is 0. The first-order chi connectivity index (χ1) is 14.9. The van der Waals surface area contributed by atoms with E-state index in [-0.39, 0.29) is 6.10 Å². The van der Waals surface area contributed by atoms with E-state index in [4.69, 9.17) is 0 Å². The van der Waals surface area contributed by atoms with Crippen LogP contribution in [0, 0.1) is 0 Å². The molecule has 0 aliphatic rings. The fourth-order valence-electron chi connectivity index (χ4n) is 5.81. The molecule has 1 unspecified atom stereocenters. The van der Waals surface area contributed by atoms with Gasteiger partial charge in [-0.2, -0.15) is 0 Å². The molecular formula is C28H60OSn2. The Morgan fingerprint density at radius 1 is 0.548 bits per heavy atom. The van der Waals surface area contributed by atoms with Gasteiger partial charge < -0.3 is 0 Å². The summed E-state index contributed by atoms with van der Waals surface area (Å²) in [5, 5.41) is 10.8. The summed E-state index contributed by atoms with van der Waals surface area (Å²) >= 11 is -5.05. The molecule has 0 amide bonds. The summed E-state index contributed by atoms with van der Waals surface area (Å²) < 4.78 is 11.6. The minimum absolute atomic E-state index is 0.239. The van der Waals surface area contributed by atoms with E-state index in [1.807, 2.05) is 0 Å². The normalized spacial score (nSPS) is 13.4. The molecule has 0 aromatic rings. The maximum atomic E-state index is 10.8. The molecule has 1 atom stereocenters. The third-order valence-electron chi connectivity index (χ3n) is 7.60. The van der Waals surface area contributed by atoms with Crippen LogP contribution in [-0.4, -0.2) is 48.0 Å². The summed E-state index contributed by atoms with van der Waals surface area (Å²) in [6.07, 6.45) is 19.1. The molecule has 0 bridgehead atoms. The molecule has 0 aromatic heterocycles. The van der Waals surface area contributed by atoms with Crippen LogP contribution >= 0.6 is 0 Å². The molecule has 0 aliphatic heterocycles. The van der Waals surface area contributed by atoms with Crippen LogP contribution in [0.5, 0.6) is 0 Å². The van der Waals surface area contributed by atoms with E-state index < -0.39 is 36.8 Å². The molecule has 1 nitrogen and oxygen atoms in total. The fourth-order valence-corrected chi connectivity index (χ4v) is 74.8. The van der Waals surface area contributed by atoms with Crippen molar-refractivity contribution in [1.82, 2.24) is 0 Å². The van der Waals surface area contributed by atoms with Crippen molar-refractivity contribution in [3.8, 4) is 0 Å². The number of hydrogen-bond donors (Lipinski definition) is 1. The predicted molar refractivity (Wildman–Crippen MR) is 150 cm³/mol. The Balaban J connectivity index is 6.71. The Hall–Kier alpha value is 1.30. The van der Waals surface area contributed by atoms with Crippen molar-refractivity contribution in [3.05, 3.63) is 7.68 Å². The predicted octanol–water partition coefficient (Wildman–Crippen LogP) is 10.1. The number of unbranched alkanes of at least 4 members (excludes halogenated alkanes) is 6. The molecule has 0 rings (SSSR count). The van der Waals surface area contributed by atoms with Gasteiger partial charge in [0.15, 0.2) is 0 Å². The third-order valence-corrected chi connectivity index (χ3v) is 57.8. The first kappa shape index (κ1) is 32.3. The number of aliphatic hydroxyl groups excluding tert-OH is 1. The summed E-state index contributed by atoms with van der Waals surface area (Å²) in [6.45, 7) is 16.5. The van der Waals surface area contributed by atoms with Crippen LogP contribution in [0.25, 0.3) is 0 Å². The first-order valence-corrected chi connectivity index (χ1v) is 29.3. The van der Waals surface area contributed by atoms with Gasteiger partial charge in [-0.15, -0.1) is 0 Å². The van der Waals surface area contributed by atoms with Crippen molar-refractivity contribution in [2.45, 2.75) is 158 Å². The zero-order valence-electron chi connectivity index (χ0n) is 22.8. The Labute approximate surface area is 206 Å². The van der Waals surface area contributed by atoms with Gasteiger partial charge in [0.1, 0.15) is 0 Å². The summed E-state index contributed by atoms with van der Waals surface area (Å²) in [7, 11) is 0. The van der Waals surface area contributed by atoms with Crippen molar-refractivity contribution in [3.63, 3.8) is 0 Å². The molecule has 0 spiro atoms. The monoisotopic (exact) mass is 652 g/mol. The van der Waals surface area contributed by atoms with Crippen molar-refractivity contribution in [1.29, 1.82) is 0 Å². The first-order valence-electron chi connectivity index (χ1n) is 14.3. The fraction of sp³-hybridized carbons (Fsp3) is 0.929. The molecule has 0 aliphatic carbocycles. The van der Waals surface area contributed by atoms with Crippen molar-refractivity contribution < 1.29 is 5.11 Å². The third kappa shape index (κ3) is 12.0. The molecule has 0 heterocycles. The van der Waals surface area contributed by atoms with Gasteiger partial charge in [0.05, 0.1) is 0 Å². The van der Waals surface area contributed by atoms with Gasteiger partial charge in [-0.25, -0.2) is 0 Å². The van der Waals surface area contributed by atoms with Gasteiger partial charge in [0.2, 0.25) is 0 Å². The molecule has 0 aromatic carbocycles. The zero-order chi connectivity index (χ0) is 23.6. The molecular weight excluding hydrogens is 590 g/mol. The second kappa shape index (κ2) is 19.6. The number of aliphatic hydroxyl groups is 1. The quantitative estimate of drug-likeness (QED) is 0.123. The molecule has 186 valence electrons. The van der Waals surface area contributed by atoms with E-state index >= 15 is 0 Å². The van der Waals surface area contributed by atoms with Gasteiger partial charge >= 0.3 is 208 Å². The maximum absolute atomic E-state index is 10.8. The average Bonchev–Trinajstić information content (AvgIpc) is 2.77. The second-order valence-electron chi connectivity index (χ2n) is 10.5. The number of rotatable bonds is 21. The van der Waals surface area contributed by atoms with E-state index in [0.717, 1.165) is 0 Å². The topological polar surface area (TPSA) is 20.2 Å². The van der Waals surface area contributed by atoms with Crippen molar-refractivity contribution >= 4 is 36.8 Å². The molecule has 3 heteroatoms. The summed E-state index contributed by atoms with van der Waals surface area (Å²) in [6, 6.07) is 0. The molecule has 31 heavy (non-hydrogen) atoms. The Morgan fingerprint density at radius 3 is 0.935 bits per heavy atom. The van der Waals surface area contributed by atoms with Crippen LogP contribution < -0.4 is 0 Å². The molecule has 0 radical (unpaired) electrons. The average molecular weight is 650 g/mol. The Kier molecular flexibility index (Phi) is 20.4. The van der Waals surface area contributed by atoms with Crippen LogP contribution in [0.1, 0.15) is 126 Å². The van der Waals surface area contributed by atoms with Crippen molar-refractivity contribution in [2.75, 3.05) is 0 Å². The molecule has 0 saturated heterocycles. The summed E-state index contributed by atoms with van der Waals surface area (Å²) in [5.74, 6) is 0. The van der Waals surface area contributed by atoms with E-state index in [9.17, 15) is 5.11 Å². The zero-order valence-corrected chi connectivity index (χ0v) is 28.5. The van der Waals surface area contributed by atoms with Gasteiger partial charge in [-0.1, -0.05) is 0 Å². The van der Waals surface area contributed by atoms with Crippen LogP contribution in [0.2, 0.25) is 26.6 Å².